The predicted octanol–water partition coefficient (Wildman–Crippen LogP) is 7.04. The van der Waals surface area contributed by atoms with Crippen LogP contribution in [-0.2, 0) is 20.8 Å². The summed E-state index contributed by atoms with van der Waals surface area (Å²) >= 11 is 7.13. The summed E-state index contributed by atoms with van der Waals surface area (Å²) in [5.41, 5.74) is 5.72. The molecule has 0 radical (unpaired) electrons. The molecule has 3 aromatic rings. The van der Waals surface area contributed by atoms with Gasteiger partial charge in [0.1, 0.15) is 11.5 Å². The molecule has 39 heavy (non-hydrogen) atoms. The number of ketones is 1. The molecule has 0 bridgehead atoms. The standard InChI is InChI=1S/C31H31Br2NO5/c1-21-4-6-22(7-5-21)16-34-17-25(12-23-8-10-29(27(32)14-23)38-19-36-2)31(35)26(18-34)13-24-9-11-30(28(33)15-24)39-20-37-3/h4-15H,16-20H2,1-3H3/b25-12+,26-13+. The first-order chi connectivity index (χ1) is 18.9. The Hall–Kier alpha value is -2.75. The maximum atomic E-state index is 13.7. The van der Waals surface area contributed by atoms with Gasteiger partial charge in [-0.05, 0) is 91.9 Å². The number of piperidine rings is 1. The molecule has 0 aromatic heterocycles. The van der Waals surface area contributed by atoms with Crippen molar-refractivity contribution in [2.75, 3.05) is 40.9 Å². The Bertz CT molecular complexity index is 1290. The first-order valence-corrected chi connectivity index (χ1v) is 14.0. The van der Waals surface area contributed by atoms with Crippen LogP contribution in [0, 0.1) is 6.92 Å². The minimum absolute atomic E-state index is 0.0434. The van der Waals surface area contributed by atoms with Crippen LogP contribution in [0.1, 0.15) is 22.3 Å². The van der Waals surface area contributed by atoms with E-state index in [2.05, 4.69) is 67.9 Å². The van der Waals surface area contributed by atoms with Crippen LogP contribution in [0.3, 0.4) is 0 Å². The van der Waals surface area contributed by atoms with Crippen molar-refractivity contribution in [3.05, 3.63) is 103 Å². The van der Waals surface area contributed by atoms with Gasteiger partial charge in [0.15, 0.2) is 19.4 Å². The van der Waals surface area contributed by atoms with Gasteiger partial charge in [-0.1, -0.05) is 42.0 Å². The zero-order chi connectivity index (χ0) is 27.8. The van der Waals surface area contributed by atoms with Crippen LogP contribution in [0.15, 0.2) is 80.8 Å². The van der Waals surface area contributed by atoms with Gasteiger partial charge in [0, 0.05) is 45.0 Å². The third-order valence-electron chi connectivity index (χ3n) is 6.16. The van der Waals surface area contributed by atoms with Crippen molar-refractivity contribution in [2.45, 2.75) is 13.5 Å². The number of hydrogen-bond acceptors (Lipinski definition) is 6. The average Bonchev–Trinajstić information content (AvgIpc) is 2.91. The Morgan fingerprint density at radius 1 is 0.769 bits per heavy atom. The van der Waals surface area contributed by atoms with Crippen LogP contribution >= 0.6 is 31.9 Å². The van der Waals surface area contributed by atoms with E-state index in [0.717, 1.165) is 37.8 Å². The maximum absolute atomic E-state index is 13.7. The van der Waals surface area contributed by atoms with Crippen LogP contribution in [-0.4, -0.2) is 51.6 Å². The van der Waals surface area contributed by atoms with Crippen LogP contribution < -0.4 is 9.47 Å². The minimum Gasteiger partial charge on any atom is -0.466 e. The van der Waals surface area contributed by atoms with E-state index < -0.39 is 0 Å². The summed E-state index contributed by atoms with van der Waals surface area (Å²) in [4.78, 5) is 16.0. The van der Waals surface area contributed by atoms with E-state index in [-0.39, 0.29) is 19.4 Å². The van der Waals surface area contributed by atoms with E-state index in [1.54, 1.807) is 14.2 Å². The van der Waals surface area contributed by atoms with Gasteiger partial charge in [-0.2, -0.15) is 0 Å². The van der Waals surface area contributed by atoms with Crippen molar-refractivity contribution in [3.8, 4) is 11.5 Å². The van der Waals surface area contributed by atoms with Gasteiger partial charge >= 0.3 is 0 Å². The Balaban J connectivity index is 1.64. The summed E-state index contributed by atoms with van der Waals surface area (Å²) in [5.74, 6) is 1.40. The van der Waals surface area contributed by atoms with Crippen LogP contribution in [0.5, 0.6) is 11.5 Å². The second kappa shape index (κ2) is 14.1. The third-order valence-corrected chi connectivity index (χ3v) is 7.40. The summed E-state index contributed by atoms with van der Waals surface area (Å²) in [5, 5.41) is 0. The molecule has 6 nitrogen and oxygen atoms in total. The minimum atomic E-state index is 0.0434. The topological polar surface area (TPSA) is 57.2 Å². The third kappa shape index (κ3) is 8.13. The fourth-order valence-electron chi connectivity index (χ4n) is 4.27. The van der Waals surface area contributed by atoms with E-state index in [0.29, 0.717) is 24.6 Å². The molecule has 204 valence electrons. The number of aryl methyl sites for hydroxylation is 1. The highest BCUT2D eigenvalue weighted by atomic mass is 79.9. The van der Waals surface area contributed by atoms with Crippen LogP contribution in [0.4, 0.5) is 0 Å². The van der Waals surface area contributed by atoms with Crippen molar-refractivity contribution in [1.82, 2.24) is 4.90 Å². The first-order valence-electron chi connectivity index (χ1n) is 12.4. The number of methoxy groups -OCH3 is 2. The fourth-order valence-corrected chi connectivity index (χ4v) is 5.29. The van der Waals surface area contributed by atoms with E-state index in [4.69, 9.17) is 18.9 Å². The molecule has 0 N–H and O–H groups in total. The summed E-state index contributed by atoms with van der Waals surface area (Å²) < 4.78 is 22.7. The van der Waals surface area contributed by atoms with Crippen molar-refractivity contribution < 1.29 is 23.7 Å². The van der Waals surface area contributed by atoms with Crippen molar-refractivity contribution >= 4 is 49.8 Å². The highest BCUT2D eigenvalue weighted by Gasteiger charge is 2.26. The van der Waals surface area contributed by atoms with E-state index in [1.807, 2.05) is 48.6 Å². The predicted molar refractivity (Wildman–Crippen MR) is 161 cm³/mol. The largest absolute Gasteiger partial charge is 0.466 e. The zero-order valence-electron chi connectivity index (χ0n) is 22.2. The number of hydrogen-bond donors (Lipinski definition) is 0. The molecule has 8 heteroatoms. The number of likely N-dealkylation sites (tertiary alicyclic amines) is 1. The molecule has 1 aliphatic heterocycles. The second-order valence-corrected chi connectivity index (χ2v) is 11.0. The van der Waals surface area contributed by atoms with Crippen molar-refractivity contribution in [2.24, 2.45) is 0 Å². The van der Waals surface area contributed by atoms with E-state index in [1.165, 1.54) is 11.1 Å². The summed E-state index contributed by atoms with van der Waals surface area (Å²) in [6.45, 7) is 4.25. The molecule has 1 saturated heterocycles. The Kier molecular flexibility index (Phi) is 10.5. The van der Waals surface area contributed by atoms with Gasteiger partial charge < -0.3 is 18.9 Å². The average molecular weight is 657 g/mol. The smallest absolute Gasteiger partial charge is 0.188 e. The molecule has 1 aliphatic rings. The number of carbonyl (C=O) groups is 1. The number of Topliss-reactive ketones (excluding diaryl/α,β-unsaturated/α-hetero) is 1. The Labute approximate surface area is 246 Å². The number of rotatable bonds is 10. The molecule has 3 aromatic carbocycles. The van der Waals surface area contributed by atoms with E-state index in [9.17, 15) is 4.79 Å². The normalized spacial score (nSPS) is 16.2. The molecule has 0 saturated carbocycles. The number of benzene rings is 3. The first kappa shape index (κ1) is 29.2. The zero-order valence-corrected chi connectivity index (χ0v) is 25.4. The van der Waals surface area contributed by atoms with Crippen LogP contribution in [0.2, 0.25) is 0 Å². The molecule has 4 rings (SSSR count). The molecule has 0 spiro atoms. The Morgan fingerprint density at radius 3 is 1.69 bits per heavy atom. The van der Waals surface area contributed by atoms with Crippen LogP contribution in [0.25, 0.3) is 12.2 Å². The Morgan fingerprint density at radius 2 is 1.26 bits per heavy atom. The number of nitrogens with zero attached hydrogens (tertiary/aromatic N) is 1. The number of ether oxygens (including phenoxy) is 4. The van der Waals surface area contributed by atoms with Gasteiger partial charge in [0.25, 0.3) is 0 Å². The molecule has 0 atom stereocenters. The highest BCUT2D eigenvalue weighted by Crippen LogP contribution is 2.30. The van der Waals surface area contributed by atoms with Crippen molar-refractivity contribution in [3.63, 3.8) is 0 Å². The molecular formula is C31H31Br2NO5. The molecule has 1 fully saturated rings. The second-order valence-electron chi connectivity index (χ2n) is 9.28. The molecule has 0 aliphatic carbocycles. The number of carbonyl (C=O) groups excluding carboxylic acids is 1. The monoisotopic (exact) mass is 655 g/mol. The van der Waals surface area contributed by atoms with Gasteiger partial charge in [0.05, 0.1) is 8.95 Å². The molecule has 0 unspecified atom stereocenters. The summed E-state index contributed by atoms with van der Waals surface area (Å²) in [6.07, 6.45) is 3.92. The lowest BCUT2D eigenvalue weighted by atomic mass is 9.93. The van der Waals surface area contributed by atoms with Gasteiger partial charge in [-0.15, -0.1) is 0 Å². The van der Waals surface area contributed by atoms with Crippen molar-refractivity contribution in [1.29, 1.82) is 0 Å². The lowest BCUT2D eigenvalue weighted by molar-refractivity contribution is -0.113. The summed E-state index contributed by atoms with van der Waals surface area (Å²) in [6, 6.07) is 20.0. The number of halogens is 2. The van der Waals surface area contributed by atoms with Gasteiger partial charge in [0.2, 0.25) is 0 Å². The SMILES string of the molecule is COCOc1ccc(/C=C2\CN(Cc3ccc(C)cc3)C/C(=C\c3ccc(OCOC)c(Br)c3)C2=O)cc1Br. The summed E-state index contributed by atoms with van der Waals surface area (Å²) in [7, 11) is 3.16. The lowest BCUT2D eigenvalue weighted by Gasteiger charge is -2.30. The van der Waals surface area contributed by atoms with Gasteiger partial charge in [-0.3, -0.25) is 9.69 Å². The highest BCUT2D eigenvalue weighted by molar-refractivity contribution is 9.10. The molecular weight excluding hydrogens is 626 g/mol. The fraction of sp³-hybridized carbons (Fsp3) is 0.258. The quantitative estimate of drug-likeness (QED) is 0.172. The maximum Gasteiger partial charge on any atom is 0.188 e. The molecule has 1 heterocycles. The van der Waals surface area contributed by atoms with E-state index >= 15 is 0 Å². The van der Waals surface area contributed by atoms with Gasteiger partial charge in [-0.25, -0.2) is 0 Å². The molecule has 0 amide bonds. The lowest BCUT2D eigenvalue weighted by Crippen LogP contribution is -2.37.